The van der Waals surface area contributed by atoms with Crippen LogP contribution in [0.15, 0.2) is 23.2 Å². The maximum atomic E-state index is 5.46. The molecule has 0 heterocycles. The lowest BCUT2D eigenvalue weighted by molar-refractivity contribution is 0.820. The number of amidine groups is 1. The molecule has 3 N–H and O–H groups in total. The predicted octanol–water partition coefficient (Wildman–Crippen LogP) is 1.92. The van der Waals surface area contributed by atoms with E-state index in [1.165, 1.54) is 11.1 Å². The number of hydrazine groups is 1. The molecule has 0 atom stereocenters. The van der Waals surface area contributed by atoms with Crippen LogP contribution in [0.25, 0.3) is 0 Å². The molecule has 1 aromatic carbocycles. The van der Waals surface area contributed by atoms with Crippen molar-refractivity contribution in [2.75, 3.05) is 0 Å². The Labute approximate surface area is 91.4 Å². The summed E-state index contributed by atoms with van der Waals surface area (Å²) in [6, 6.07) is 6.44. The minimum Gasteiger partial charge on any atom is -0.308 e. The van der Waals surface area contributed by atoms with E-state index in [9.17, 15) is 0 Å². The summed E-state index contributed by atoms with van der Waals surface area (Å²) < 4.78 is 0. The number of rotatable bonds is 2. The van der Waals surface area contributed by atoms with Gasteiger partial charge in [-0.3, -0.25) is 4.99 Å². The van der Waals surface area contributed by atoms with Crippen molar-refractivity contribution >= 4 is 5.84 Å². The molecule has 0 spiro atoms. The molecule has 15 heavy (non-hydrogen) atoms. The van der Waals surface area contributed by atoms with E-state index in [4.69, 9.17) is 5.84 Å². The molecule has 0 unspecified atom stereocenters. The monoisotopic (exact) mass is 205 g/mol. The number of hydrogen-bond acceptors (Lipinski definition) is 2. The first-order valence-electron chi connectivity index (χ1n) is 5.16. The Morgan fingerprint density at radius 3 is 2.40 bits per heavy atom. The molecule has 1 rings (SSSR count). The molecule has 0 bridgehead atoms. The molecule has 1 aromatic rings. The van der Waals surface area contributed by atoms with Gasteiger partial charge in [-0.1, -0.05) is 12.1 Å². The van der Waals surface area contributed by atoms with Gasteiger partial charge in [-0.25, -0.2) is 5.84 Å². The predicted molar refractivity (Wildman–Crippen MR) is 64.9 cm³/mol. The fourth-order valence-electron chi connectivity index (χ4n) is 1.34. The third kappa shape index (κ3) is 3.06. The zero-order valence-corrected chi connectivity index (χ0v) is 9.83. The Bertz CT molecular complexity index is 367. The van der Waals surface area contributed by atoms with Crippen LogP contribution >= 0.6 is 0 Å². The molecule has 82 valence electrons. The van der Waals surface area contributed by atoms with E-state index in [-0.39, 0.29) is 6.04 Å². The molecular weight excluding hydrogens is 186 g/mol. The molecule has 0 aliphatic heterocycles. The highest BCUT2D eigenvalue weighted by Crippen LogP contribution is 2.10. The third-order valence-electron chi connectivity index (χ3n) is 2.30. The van der Waals surface area contributed by atoms with Crippen LogP contribution in [-0.4, -0.2) is 11.9 Å². The number of benzene rings is 1. The third-order valence-corrected chi connectivity index (χ3v) is 2.30. The summed E-state index contributed by atoms with van der Waals surface area (Å²) in [7, 11) is 0. The van der Waals surface area contributed by atoms with Crippen molar-refractivity contribution in [1.82, 2.24) is 5.43 Å². The maximum absolute atomic E-state index is 5.46. The van der Waals surface area contributed by atoms with Crippen LogP contribution in [0.1, 0.15) is 30.5 Å². The van der Waals surface area contributed by atoms with E-state index in [2.05, 4.69) is 36.4 Å². The van der Waals surface area contributed by atoms with Gasteiger partial charge in [0.1, 0.15) is 5.84 Å². The Morgan fingerprint density at radius 2 is 1.93 bits per heavy atom. The largest absolute Gasteiger partial charge is 0.308 e. The average Bonchev–Trinajstić information content (AvgIpc) is 2.18. The number of nitrogens with two attached hydrogens (primary N) is 1. The minimum absolute atomic E-state index is 0.234. The molecule has 0 fully saturated rings. The molecule has 0 aliphatic carbocycles. The summed E-state index contributed by atoms with van der Waals surface area (Å²) >= 11 is 0. The maximum Gasteiger partial charge on any atom is 0.142 e. The van der Waals surface area contributed by atoms with E-state index >= 15 is 0 Å². The smallest absolute Gasteiger partial charge is 0.142 e. The highest BCUT2D eigenvalue weighted by molar-refractivity contribution is 5.98. The second-order valence-corrected chi connectivity index (χ2v) is 4.01. The molecule has 0 amide bonds. The van der Waals surface area contributed by atoms with Crippen LogP contribution in [0.5, 0.6) is 0 Å². The molecular formula is C12H19N3. The van der Waals surface area contributed by atoms with Gasteiger partial charge in [-0.05, 0) is 44.9 Å². The van der Waals surface area contributed by atoms with Gasteiger partial charge in [0.2, 0.25) is 0 Å². The summed E-state index contributed by atoms with van der Waals surface area (Å²) in [5.41, 5.74) is 6.21. The Kier molecular flexibility index (Phi) is 3.86. The van der Waals surface area contributed by atoms with E-state index < -0.39 is 0 Å². The molecule has 0 saturated heterocycles. The molecule has 3 nitrogen and oxygen atoms in total. The van der Waals surface area contributed by atoms with Gasteiger partial charge in [-0.2, -0.15) is 0 Å². The minimum atomic E-state index is 0.234. The first-order chi connectivity index (χ1) is 7.04. The van der Waals surface area contributed by atoms with Crippen molar-refractivity contribution in [2.45, 2.75) is 33.7 Å². The first kappa shape index (κ1) is 11.7. The van der Waals surface area contributed by atoms with Crippen molar-refractivity contribution in [3.8, 4) is 0 Å². The highest BCUT2D eigenvalue weighted by Gasteiger charge is 2.03. The van der Waals surface area contributed by atoms with E-state index in [1.807, 2.05) is 19.9 Å². The van der Waals surface area contributed by atoms with E-state index in [0.29, 0.717) is 0 Å². The number of nitrogens with one attached hydrogen (secondary N) is 1. The standard InChI is InChI=1S/C12H19N3/c1-8(2)14-12(15-13)11-6-5-9(3)10(4)7-11/h5-8H,13H2,1-4H3,(H,14,15). The van der Waals surface area contributed by atoms with Gasteiger partial charge in [0.15, 0.2) is 0 Å². The second kappa shape index (κ2) is 4.94. The van der Waals surface area contributed by atoms with Gasteiger partial charge in [-0.15, -0.1) is 0 Å². The summed E-state index contributed by atoms with van der Waals surface area (Å²) in [4.78, 5) is 4.42. The fourth-order valence-corrected chi connectivity index (χ4v) is 1.34. The Balaban J connectivity index is 3.08. The Hall–Kier alpha value is -1.35. The SMILES string of the molecule is Cc1ccc(C(=NC(C)C)NN)cc1C. The van der Waals surface area contributed by atoms with Crippen molar-refractivity contribution in [3.63, 3.8) is 0 Å². The molecule has 0 aromatic heterocycles. The topological polar surface area (TPSA) is 50.4 Å². The van der Waals surface area contributed by atoms with Crippen LogP contribution < -0.4 is 11.3 Å². The quantitative estimate of drug-likeness (QED) is 0.335. The zero-order chi connectivity index (χ0) is 11.4. The summed E-state index contributed by atoms with van der Waals surface area (Å²) in [5, 5.41) is 0. The summed E-state index contributed by atoms with van der Waals surface area (Å²) in [6.07, 6.45) is 0. The average molecular weight is 205 g/mol. The fraction of sp³-hybridized carbons (Fsp3) is 0.417. The van der Waals surface area contributed by atoms with Crippen LogP contribution in [-0.2, 0) is 0 Å². The van der Waals surface area contributed by atoms with E-state index in [0.717, 1.165) is 11.4 Å². The number of aryl methyl sites for hydroxylation is 2. The molecule has 0 radical (unpaired) electrons. The van der Waals surface area contributed by atoms with Gasteiger partial charge in [0.05, 0.1) is 0 Å². The normalized spacial score (nSPS) is 12.0. The highest BCUT2D eigenvalue weighted by atomic mass is 15.3. The molecule has 0 saturated carbocycles. The van der Waals surface area contributed by atoms with Crippen LogP contribution in [0.4, 0.5) is 0 Å². The van der Waals surface area contributed by atoms with Crippen molar-refractivity contribution in [1.29, 1.82) is 0 Å². The second-order valence-electron chi connectivity index (χ2n) is 4.01. The number of hydrogen-bond donors (Lipinski definition) is 2. The van der Waals surface area contributed by atoms with Crippen LogP contribution in [0.2, 0.25) is 0 Å². The van der Waals surface area contributed by atoms with Crippen molar-refractivity contribution in [2.24, 2.45) is 10.8 Å². The van der Waals surface area contributed by atoms with Crippen LogP contribution in [0, 0.1) is 13.8 Å². The van der Waals surface area contributed by atoms with Gasteiger partial charge >= 0.3 is 0 Å². The van der Waals surface area contributed by atoms with Gasteiger partial charge < -0.3 is 5.43 Å². The van der Waals surface area contributed by atoms with Gasteiger partial charge in [0, 0.05) is 11.6 Å². The number of nitrogens with zero attached hydrogens (tertiary/aromatic N) is 1. The lowest BCUT2D eigenvalue weighted by Gasteiger charge is -2.09. The first-order valence-corrected chi connectivity index (χ1v) is 5.16. The lowest BCUT2D eigenvalue weighted by atomic mass is 10.1. The number of aliphatic imine (C=N–C) groups is 1. The van der Waals surface area contributed by atoms with Gasteiger partial charge in [0.25, 0.3) is 0 Å². The zero-order valence-electron chi connectivity index (χ0n) is 9.83. The van der Waals surface area contributed by atoms with Crippen molar-refractivity contribution in [3.05, 3.63) is 34.9 Å². The molecule has 3 heteroatoms. The van der Waals surface area contributed by atoms with Crippen molar-refractivity contribution < 1.29 is 0 Å². The summed E-state index contributed by atoms with van der Waals surface area (Å²) in [6.45, 7) is 8.23. The van der Waals surface area contributed by atoms with E-state index in [1.54, 1.807) is 0 Å². The van der Waals surface area contributed by atoms with Crippen LogP contribution in [0.3, 0.4) is 0 Å². The molecule has 0 aliphatic rings. The lowest BCUT2D eigenvalue weighted by Crippen LogP contribution is -2.32. The summed E-state index contributed by atoms with van der Waals surface area (Å²) in [5.74, 6) is 6.20. The Morgan fingerprint density at radius 1 is 1.27 bits per heavy atom.